The Morgan fingerprint density at radius 1 is 0.938 bits per heavy atom. The minimum absolute atomic E-state index is 0.0546. The second kappa shape index (κ2) is 8.60. The Morgan fingerprint density at radius 3 is 1.94 bits per heavy atom. The molecule has 0 aliphatic rings. The van der Waals surface area contributed by atoms with Crippen molar-refractivity contribution in [2.45, 2.75) is 84.7 Å². The molecule has 0 aliphatic heterocycles. The molecule has 2 nitrogen and oxygen atoms in total. The molecule has 0 atom stereocenters. The Labute approximate surface area is 101 Å². The molecule has 16 heavy (non-hydrogen) atoms. The molecule has 0 bridgehead atoms. The van der Waals surface area contributed by atoms with Gasteiger partial charge >= 0.3 is 5.97 Å². The molecular formula is C14H28O2. The summed E-state index contributed by atoms with van der Waals surface area (Å²) in [4.78, 5) is 11.4. The first-order valence-electron chi connectivity index (χ1n) is 6.67. The normalized spacial score (nSPS) is 11.5. The number of hydrogen-bond donors (Lipinski definition) is 0. The Kier molecular flexibility index (Phi) is 8.32. The summed E-state index contributed by atoms with van der Waals surface area (Å²) in [6, 6.07) is 0. The standard InChI is InChI=1S/C14H28O2/c1-5-6-7-8-9-10-11-12-13(15)16-14(2,3)4/h5-12H2,1-4H3. The van der Waals surface area contributed by atoms with Crippen molar-refractivity contribution in [3.05, 3.63) is 0 Å². The van der Waals surface area contributed by atoms with Crippen LogP contribution in [-0.2, 0) is 9.53 Å². The largest absolute Gasteiger partial charge is 0.460 e. The third-order valence-electron chi connectivity index (χ3n) is 2.40. The number of carbonyl (C=O) groups excluding carboxylic acids is 1. The lowest BCUT2D eigenvalue weighted by molar-refractivity contribution is -0.154. The average molecular weight is 228 g/mol. The lowest BCUT2D eigenvalue weighted by Gasteiger charge is -2.19. The van der Waals surface area contributed by atoms with Gasteiger partial charge in [0, 0.05) is 6.42 Å². The minimum atomic E-state index is -0.335. The molecule has 0 unspecified atom stereocenters. The smallest absolute Gasteiger partial charge is 0.306 e. The molecule has 0 aromatic carbocycles. The molecule has 0 radical (unpaired) electrons. The van der Waals surface area contributed by atoms with Gasteiger partial charge < -0.3 is 4.74 Å². The second-order valence-electron chi connectivity index (χ2n) is 5.46. The molecular weight excluding hydrogens is 200 g/mol. The van der Waals surface area contributed by atoms with Crippen molar-refractivity contribution in [1.82, 2.24) is 0 Å². The minimum Gasteiger partial charge on any atom is -0.460 e. The van der Waals surface area contributed by atoms with Crippen LogP contribution in [0.15, 0.2) is 0 Å². The first kappa shape index (κ1) is 15.5. The highest BCUT2D eigenvalue weighted by molar-refractivity contribution is 5.69. The maximum Gasteiger partial charge on any atom is 0.306 e. The maximum atomic E-state index is 11.4. The lowest BCUT2D eigenvalue weighted by Crippen LogP contribution is -2.23. The van der Waals surface area contributed by atoms with Crippen LogP contribution in [0, 0.1) is 0 Å². The summed E-state index contributed by atoms with van der Waals surface area (Å²) in [6.45, 7) is 7.96. The molecule has 0 heterocycles. The summed E-state index contributed by atoms with van der Waals surface area (Å²) in [7, 11) is 0. The topological polar surface area (TPSA) is 26.3 Å². The molecule has 0 amide bonds. The quantitative estimate of drug-likeness (QED) is 0.452. The van der Waals surface area contributed by atoms with Crippen LogP contribution in [0.3, 0.4) is 0 Å². The number of unbranched alkanes of at least 4 members (excludes halogenated alkanes) is 6. The van der Waals surface area contributed by atoms with Gasteiger partial charge in [-0.1, -0.05) is 45.4 Å². The van der Waals surface area contributed by atoms with Crippen molar-refractivity contribution in [2.24, 2.45) is 0 Å². The van der Waals surface area contributed by atoms with Crippen LogP contribution in [0.5, 0.6) is 0 Å². The van der Waals surface area contributed by atoms with E-state index < -0.39 is 0 Å². The van der Waals surface area contributed by atoms with Gasteiger partial charge in [0.15, 0.2) is 0 Å². The number of esters is 1. The monoisotopic (exact) mass is 228 g/mol. The highest BCUT2D eigenvalue weighted by atomic mass is 16.6. The second-order valence-corrected chi connectivity index (χ2v) is 5.46. The van der Waals surface area contributed by atoms with Gasteiger partial charge in [0.05, 0.1) is 0 Å². The van der Waals surface area contributed by atoms with Gasteiger partial charge in [-0.2, -0.15) is 0 Å². The summed E-state index contributed by atoms with van der Waals surface area (Å²) in [5.74, 6) is -0.0546. The fourth-order valence-corrected chi connectivity index (χ4v) is 1.62. The van der Waals surface area contributed by atoms with E-state index in [-0.39, 0.29) is 11.6 Å². The molecule has 0 aliphatic carbocycles. The summed E-state index contributed by atoms with van der Waals surface area (Å²) in [5, 5.41) is 0. The zero-order chi connectivity index (χ0) is 12.4. The van der Waals surface area contributed by atoms with Gasteiger partial charge in [-0.3, -0.25) is 4.79 Å². The highest BCUT2D eigenvalue weighted by Gasteiger charge is 2.15. The number of ether oxygens (including phenoxy) is 1. The van der Waals surface area contributed by atoms with Gasteiger partial charge in [0.2, 0.25) is 0 Å². The molecule has 0 rings (SSSR count). The third kappa shape index (κ3) is 11.5. The number of rotatable bonds is 8. The van der Waals surface area contributed by atoms with Crippen molar-refractivity contribution in [2.75, 3.05) is 0 Å². The molecule has 0 N–H and O–H groups in total. The first-order chi connectivity index (χ1) is 7.45. The molecule has 0 fully saturated rings. The van der Waals surface area contributed by atoms with Crippen LogP contribution in [0.25, 0.3) is 0 Å². The van der Waals surface area contributed by atoms with Gasteiger partial charge in [-0.15, -0.1) is 0 Å². The van der Waals surface area contributed by atoms with E-state index >= 15 is 0 Å². The SMILES string of the molecule is CCCCCCCCCC(=O)OC(C)(C)C. The van der Waals surface area contributed by atoms with Crippen LogP contribution in [-0.4, -0.2) is 11.6 Å². The van der Waals surface area contributed by atoms with Gasteiger partial charge in [0.1, 0.15) is 5.60 Å². The summed E-state index contributed by atoms with van der Waals surface area (Å²) >= 11 is 0. The fourth-order valence-electron chi connectivity index (χ4n) is 1.62. The van der Waals surface area contributed by atoms with Gasteiger partial charge in [-0.05, 0) is 27.2 Å². The fraction of sp³-hybridized carbons (Fsp3) is 0.929. The van der Waals surface area contributed by atoms with Crippen molar-refractivity contribution in [1.29, 1.82) is 0 Å². The first-order valence-corrected chi connectivity index (χ1v) is 6.67. The number of carbonyl (C=O) groups is 1. The van der Waals surface area contributed by atoms with E-state index in [9.17, 15) is 4.79 Å². The molecule has 0 spiro atoms. The Morgan fingerprint density at radius 2 is 1.44 bits per heavy atom. The van der Waals surface area contributed by atoms with Gasteiger partial charge in [-0.25, -0.2) is 0 Å². The van der Waals surface area contributed by atoms with Crippen LogP contribution >= 0.6 is 0 Å². The van der Waals surface area contributed by atoms with Crippen molar-refractivity contribution in [3.63, 3.8) is 0 Å². The van der Waals surface area contributed by atoms with Crippen molar-refractivity contribution >= 4 is 5.97 Å². The zero-order valence-electron chi connectivity index (χ0n) is 11.5. The molecule has 96 valence electrons. The molecule has 2 heteroatoms. The van der Waals surface area contributed by atoms with E-state index in [1.54, 1.807) is 0 Å². The Balaban J connectivity index is 3.28. The van der Waals surface area contributed by atoms with E-state index in [0.29, 0.717) is 6.42 Å². The average Bonchev–Trinajstić information content (AvgIpc) is 2.13. The predicted molar refractivity (Wildman–Crippen MR) is 68.5 cm³/mol. The molecule has 0 saturated heterocycles. The summed E-state index contributed by atoms with van der Waals surface area (Å²) in [5.41, 5.74) is -0.335. The van der Waals surface area contributed by atoms with Crippen molar-refractivity contribution in [3.8, 4) is 0 Å². The highest BCUT2D eigenvalue weighted by Crippen LogP contribution is 2.12. The van der Waals surface area contributed by atoms with E-state index in [4.69, 9.17) is 4.74 Å². The Hall–Kier alpha value is -0.530. The van der Waals surface area contributed by atoms with E-state index in [1.807, 2.05) is 20.8 Å². The molecule has 0 aromatic heterocycles. The number of hydrogen-bond acceptors (Lipinski definition) is 2. The summed E-state index contributed by atoms with van der Waals surface area (Å²) in [6.07, 6.45) is 9.23. The molecule has 0 saturated carbocycles. The van der Waals surface area contributed by atoms with Crippen LogP contribution in [0.4, 0.5) is 0 Å². The zero-order valence-corrected chi connectivity index (χ0v) is 11.5. The predicted octanol–water partition coefficient (Wildman–Crippen LogP) is 4.47. The summed E-state index contributed by atoms with van der Waals surface area (Å²) < 4.78 is 5.24. The maximum absolute atomic E-state index is 11.4. The lowest BCUT2D eigenvalue weighted by atomic mass is 10.1. The van der Waals surface area contributed by atoms with E-state index in [0.717, 1.165) is 12.8 Å². The van der Waals surface area contributed by atoms with Crippen molar-refractivity contribution < 1.29 is 9.53 Å². The third-order valence-corrected chi connectivity index (χ3v) is 2.40. The van der Waals surface area contributed by atoms with E-state index in [1.165, 1.54) is 32.1 Å². The van der Waals surface area contributed by atoms with Crippen LogP contribution in [0.1, 0.15) is 79.1 Å². The van der Waals surface area contributed by atoms with Crippen LogP contribution < -0.4 is 0 Å². The molecule has 0 aromatic rings. The van der Waals surface area contributed by atoms with Gasteiger partial charge in [0.25, 0.3) is 0 Å². The van der Waals surface area contributed by atoms with E-state index in [2.05, 4.69) is 6.92 Å². The Bertz CT molecular complexity index is 180. The van der Waals surface area contributed by atoms with Crippen LogP contribution in [0.2, 0.25) is 0 Å².